The maximum atomic E-state index is 12.3. The first-order valence-corrected chi connectivity index (χ1v) is 10.4. The summed E-state index contributed by atoms with van der Waals surface area (Å²) in [6, 6.07) is 0. The molecule has 0 aromatic carbocycles. The summed E-state index contributed by atoms with van der Waals surface area (Å²) in [5.74, 6) is -1.09. The third-order valence-corrected chi connectivity index (χ3v) is 5.99. The van der Waals surface area contributed by atoms with E-state index in [1.165, 1.54) is 13.3 Å². The van der Waals surface area contributed by atoms with Gasteiger partial charge in [-0.15, -0.1) is 11.8 Å². The molecule has 1 fully saturated rings. The lowest BCUT2D eigenvalue weighted by Gasteiger charge is -2.24. The topological polar surface area (TPSA) is 119 Å². The maximum Gasteiger partial charge on any atom is 0.305 e. The molecule has 1 aromatic heterocycles. The van der Waals surface area contributed by atoms with E-state index in [1.807, 2.05) is 0 Å². The first-order valence-electron chi connectivity index (χ1n) is 9.51. The Morgan fingerprint density at radius 3 is 2.57 bits per heavy atom. The predicted molar refractivity (Wildman–Crippen MR) is 104 cm³/mol. The van der Waals surface area contributed by atoms with Crippen molar-refractivity contribution in [3.8, 4) is 5.88 Å². The van der Waals surface area contributed by atoms with Crippen molar-refractivity contribution in [3.63, 3.8) is 0 Å². The first-order chi connectivity index (χ1) is 13.2. The van der Waals surface area contributed by atoms with E-state index >= 15 is 0 Å². The molecular weight excluding hydrogens is 384 g/mol. The smallest absolute Gasteiger partial charge is 0.305 e. The van der Waals surface area contributed by atoms with Crippen LogP contribution in [0.25, 0.3) is 0 Å². The highest BCUT2D eigenvalue weighted by Gasteiger charge is 2.31. The zero-order valence-corrected chi connectivity index (χ0v) is 17.4. The molecule has 0 atom stereocenters. The Balaban J connectivity index is 2.02. The van der Waals surface area contributed by atoms with Crippen LogP contribution in [0.2, 0.25) is 0 Å². The van der Waals surface area contributed by atoms with Crippen LogP contribution in [0, 0.1) is 5.41 Å². The van der Waals surface area contributed by atoms with Gasteiger partial charge in [0.2, 0.25) is 11.7 Å². The number of hydrogen-bond donors (Lipinski definition) is 2. The largest absolute Gasteiger partial charge is 0.481 e. The summed E-state index contributed by atoms with van der Waals surface area (Å²) in [4.78, 5) is 35.4. The Bertz CT molecular complexity index is 709. The molecule has 1 aromatic rings. The van der Waals surface area contributed by atoms with E-state index in [-0.39, 0.29) is 42.9 Å². The first kappa shape index (κ1) is 22.3. The van der Waals surface area contributed by atoms with Gasteiger partial charge in [-0.05, 0) is 31.8 Å². The molecular formula is C19H28N2O6S. The minimum absolute atomic E-state index is 0.0218. The van der Waals surface area contributed by atoms with Gasteiger partial charge in [0.15, 0.2) is 5.78 Å². The van der Waals surface area contributed by atoms with Crippen LogP contribution in [0.4, 0.5) is 0 Å². The van der Waals surface area contributed by atoms with Gasteiger partial charge in [0.1, 0.15) is 11.5 Å². The fourth-order valence-electron chi connectivity index (χ4n) is 2.87. The molecule has 2 N–H and O–H groups in total. The number of carboxylic acids is 1. The van der Waals surface area contributed by atoms with Gasteiger partial charge in [0, 0.05) is 18.7 Å². The Morgan fingerprint density at radius 2 is 1.96 bits per heavy atom. The number of aromatic nitrogens is 1. The lowest BCUT2D eigenvalue weighted by atomic mass is 9.93. The zero-order valence-electron chi connectivity index (χ0n) is 16.6. The average Bonchev–Trinajstić information content (AvgIpc) is 3.03. The molecule has 0 radical (unpaired) electrons. The molecule has 0 saturated heterocycles. The summed E-state index contributed by atoms with van der Waals surface area (Å²) in [6.07, 6.45) is 5.56. The second kappa shape index (κ2) is 9.95. The number of ether oxygens (including phenoxy) is 1. The van der Waals surface area contributed by atoms with Crippen LogP contribution in [0.1, 0.15) is 69.9 Å². The van der Waals surface area contributed by atoms with Crippen LogP contribution in [-0.2, 0) is 9.59 Å². The minimum atomic E-state index is -0.974. The van der Waals surface area contributed by atoms with Crippen molar-refractivity contribution in [1.29, 1.82) is 0 Å². The Labute approximate surface area is 168 Å². The number of rotatable bonds is 10. The number of amides is 1. The molecule has 0 spiro atoms. The summed E-state index contributed by atoms with van der Waals surface area (Å²) in [5, 5.41) is 15.6. The zero-order chi connectivity index (χ0) is 20.7. The third kappa shape index (κ3) is 6.25. The molecule has 0 unspecified atom stereocenters. The summed E-state index contributed by atoms with van der Waals surface area (Å²) in [5.41, 5.74) is -0.902. The quantitative estimate of drug-likeness (QED) is 0.562. The van der Waals surface area contributed by atoms with Crippen LogP contribution in [0.15, 0.2) is 9.42 Å². The monoisotopic (exact) mass is 412 g/mol. The molecule has 8 nitrogen and oxygen atoms in total. The van der Waals surface area contributed by atoms with Crippen molar-refractivity contribution >= 4 is 29.4 Å². The fraction of sp³-hybridized carbons (Fsp3) is 0.684. The second-order valence-electron chi connectivity index (χ2n) is 7.65. The molecule has 1 amide bonds. The number of ketones is 1. The highest BCUT2D eigenvalue weighted by Crippen LogP contribution is 2.40. The number of thioether (sulfide) groups is 1. The molecule has 0 aliphatic heterocycles. The Kier molecular flexibility index (Phi) is 7.91. The number of carbonyl (C=O) groups is 3. The van der Waals surface area contributed by atoms with Gasteiger partial charge in [-0.2, -0.15) is 0 Å². The maximum absolute atomic E-state index is 12.3. The van der Waals surface area contributed by atoms with Gasteiger partial charge in [-0.3, -0.25) is 14.4 Å². The van der Waals surface area contributed by atoms with Gasteiger partial charge in [-0.1, -0.05) is 19.3 Å². The molecule has 1 heterocycles. The van der Waals surface area contributed by atoms with E-state index in [9.17, 15) is 14.4 Å². The molecule has 1 saturated carbocycles. The van der Waals surface area contributed by atoms with Gasteiger partial charge in [0.25, 0.3) is 5.88 Å². The van der Waals surface area contributed by atoms with Crippen LogP contribution in [0.5, 0.6) is 5.88 Å². The molecule has 156 valence electrons. The number of aliphatic carboxylic acids is 1. The predicted octanol–water partition coefficient (Wildman–Crippen LogP) is 3.30. The van der Waals surface area contributed by atoms with Crippen molar-refractivity contribution in [2.75, 3.05) is 13.2 Å². The highest BCUT2D eigenvalue weighted by molar-refractivity contribution is 8.00. The van der Waals surface area contributed by atoms with Crippen molar-refractivity contribution in [2.24, 2.45) is 5.41 Å². The van der Waals surface area contributed by atoms with E-state index in [0.29, 0.717) is 10.1 Å². The number of Topliss-reactive ketones (excluding diaryl/α,β-unsaturated/α-hetero) is 1. The number of hydrogen-bond acceptors (Lipinski definition) is 7. The van der Waals surface area contributed by atoms with E-state index in [0.717, 1.165) is 25.7 Å². The van der Waals surface area contributed by atoms with Crippen LogP contribution in [-0.4, -0.2) is 46.3 Å². The lowest BCUT2D eigenvalue weighted by molar-refractivity contribution is -0.137. The van der Waals surface area contributed by atoms with Crippen LogP contribution >= 0.6 is 11.8 Å². The van der Waals surface area contributed by atoms with Crippen molar-refractivity contribution in [3.05, 3.63) is 5.76 Å². The van der Waals surface area contributed by atoms with Crippen LogP contribution < -0.4 is 10.1 Å². The molecule has 1 aliphatic rings. The summed E-state index contributed by atoms with van der Waals surface area (Å²) in [6.45, 7) is 4.90. The average molecular weight is 413 g/mol. The van der Waals surface area contributed by atoms with E-state index in [4.69, 9.17) is 14.4 Å². The Hall–Kier alpha value is -2.03. The third-order valence-electron chi connectivity index (χ3n) is 4.59. The number of nitrogens with one attached hydrogen (secondary N) is 1. The van der Waals surface area contributed by atoms with Gasteiger partial charge < -0.3 is 19.7 Å². The van der Waals surface area contributed by atoms with Gasteiger partial charge >= 0.3 is 5.97 Å². The fourth-order valence-corrected chi connectivity index (χ4v) is 4.26. The van der Waals surface area contributed by atoms with Gasteiger partial charge in [-0.25, -0.2) is 0 Å². The van der Waals surface area contributed by atoms with Crippen LogP contribution in [0.3, 0.4) is 0 Å². The van der Waals surface area contributed by atoms with E-state index in [2.05, 4.69) is 10.5 Å². The number of carboxylic acid groups (broad SMARTS) is 1. The van der Waals surface area contributed by atoms with Gasteiger partial charge in [0.05, 0.1) is 11.8 Å². The molecule has 2 rings (SSSR count). The summed E-state index contributed by atoms with van der Waals surface area (Å²) in [7, 11) is 0. The standard InChI is InChI=1S/C19H28N2O6S/c1-12(22)15-16(28-13-7-5-4-6-8-13)17(21-27-15)26-11-19(2,3)18(25)20-10-9-14(23)24/h13H,4-11H2,1-3H3,(H,20,25)(H,23,24). The van der Waals surface area contributed by atoms with Crippen molar-refractivity contribution in [1.82, 2.24) is 10.5 Å². The summed E-state index contributed by atoms with van der Waals surface area (Å²) < 4.78 is 11.0. The highest BCUT2D eigenvalue weighted by atomic mass is 32.2. The number of nitrogens with zero attached hydrogens (tertiary/aromatic N) is 1. The van der Waals surface area contributed by atoms with Crippen molar-refractivity contribution < 1.29 is 28.8 Å². The number of carbonyl (C=O) groups excluding carboxylic acids is 2. The Morgan fingerprint density at radius 1 is 1.29 bits per heavy atom. The van der Waals surface area contributed by atoms with E-state index < -0.39 is 11.4 Å². The SMILES string of the molecule is CC(=O)c1onc(OCC(C)(C)C(=O)NCCC(=O)O)c1SC1CCCCC1. The van der Waals surface area contributed by atoms with E-state index in [1.54, 1.807) is 25.6 Å². The minimum Gasteiger partial charge on any atom is -0.481 e. The molecule has 9 heteroatoms. The molecule has 28 heavy (non-hydrogen) atoms. The normalized spacial score (nSPS) is 15.2. The second-order valence-corrected chi connectivity index (χ2v) is 8.96. The summed E-state index contributed by atoms with van der Waals surface area (Å²) >= 11 is 1.56. The lowest BCUT2D eigenvalue weighted by Crippen LogP contribution is -2.41. The molecule has 0 bridgehead atoms. The molecule has 1 aliphatic carbocycles. The van der Waals surface area contributed by atoms with Crippen molar-refractivity contribution in [2.45, 2.75) is 69.4 Å².